The summed E-state index contributed by atoms with van der Waals surface area (Å²) in [5.41, 5.74) is 2.42. The second kappa shape index (κ2) is 4.98. The fourth-order valence-corrected chi connectivity index (χ4v) is 2.63. The van der Waals surface area contributed by atoms with Crippen LogP contribution in [0.15, 0.2) is 24.3 Å². The molecule has 0 aromatic heterocycles. The van der Waals surface area contributed by atoms with Gasteiger partial charge in [-0.15, -0.1) is 0 Å². The number of benzene rings is 1. The number of ether oxygens (including phenoxy) is 1. The van der Waals surface area contributed by atoms with E-state index in [2.05, 4.69) is 11.4 Å². The van der Waals surface area contributed by atoms with Crippen LogP contribution < -0.4 is 5.32 Å². The van der Waals surface area contributed by atoms with Gasteiger partial charge in [-0.1, -0.05) is 18.2 Å². The molecule has 4 heteroatoms. The Morgan fingerprint density at radius 2 is 2.06 bits per heavy atom. The van der Waals surface area contributed by atoms with Crippen LogP contribution in [0.1, 0.15) is 12.0 Å². The normalized spacial score (nSPS) is 23.1. The van der Waals surface area contributed by atoms with Gasteiger partial charge in [-0.05, 0) is 24.5 Å². The molecule has 1 atom stereocenters. The van der Waals surface area contributed by atoms with E-state index in [-0.39, 0.29) is 11.9 Å². The van der Waals surface area contributed by atoms with Crippen molar-refractivity contribution >= 4 is 11.6 Å². The standard InChI is InChI=1S/C14H18N2O2/c17-14(16-7-9-18-10-8-16)13-6-5-11-3-1-2-4-12(11)15-13/h1-4,13,15H,5-10H2. The zero-order valence-corrected chi connectivity index (χ0v) is 10.4. The number of carbonyl (C=O) groups is 1. The van der Waals surface area contributed by atoms with Gasteiger partial charge in [0.1, 0.15) is 6.04 Å². The molecule has 0 radical (unpaired) electrons. The molecular weight excluding hydrogens is 228 g/mol. The second-order valence-corrected chi connectivity index (χ2v) is 4.83. The number of fused-ring (bicyclic) bond motifs is 1. The minimum Gasteiger partial charge on any atom is -0.378 e. The van der Waals surface area contributed by atoms with Crippen LogP contribution in [-0.2, 0) is 16.0 Å². The lowest BCUT2D eigenvalue weighted by atomic mass is 9.97. The highest BCUT2D eigenvalue weighted by Crippen LogP contribution is 2.25. The van der Waals surface area contributed by atoms with Gasteiger partial charge in [0.25, 0.3) is 0 Å². The van der Waals surface area contributed by atoms with Crippen LogP contribution >= 0.6 is 0 Å². The van der Waals surface area contributed by atoms with Crippen molar-refractivity contribution in [3.8, 4) is 0 Å². The van der Waals surface area contributed by atoms with Crippen molar-refractivity contribution in [3.63, 3.8) is 0 Å². The number of amides is 1. The van der Waals surface area contributed by atoms with Gasteiger partial charge in [0, 0.05) is 18.8 Å². The molecule has 2 heterocycles. The Bertz CT molecular complexity index is 441. The van der Waals surface area contributed by atoms with E-state index in [0.717, 1.165) is 31.6 Å². The lowest BCUT2D eigenvalue weighted by Crippen LogP contribution is -2.49. The third kappa shape index (κ3) is 2.20. The first-order valence-electron chi connectivity index (χ1n) is 6.55. The Kier molecular flexibility index (Phi) is 3.19. The lowest BCUT2D eigenvalue weighted by molar-refractivity contribution is -0.136. The maximum absolute atomic E-state index is 12.4. The molecular formula is C14H18N2O2. The van der Waals surface area contributed by atoms with Gasteiger partial charge in [0.2, 0.25) is 5.91 Å². The van der Waals surface area contributed by atoms with Crippen molar-refractivity contribution < 1.29 is 9.53 Å². The van der Waals surface area contributed by atoms with Gasteiger partial charge in [0.05, 0.1) is 13.2 Å². The molecule has 1 amide bonds. The molecule has 1 aromatic rings. The van der Waals surface area contributed by atoms with Gasteiger partial charge in [-0.3, -0.25) is 4.79 Å². The molecule has 1 N–H and O–H groups in total. The number of rotatable bonds is 1. The number of nitrogens with zero attached hydrogens (tertiary/aromatic N) is 1. The van der Waals surface area contributed by atoms with Crippen LogP contribution in [0.5, 0.6) is 0 Å². The van der Waals surface area contributed by atoms with E-state index in [1.54, 1.807) is 0 Å². The molecule has 0 bridgehead atoms. The average molecular weight is 246 g/mol. The number of hydrogen-bond donors (Lipinski definition) is 1. The fourth-order valence-electron chi connectivity index (χ4n) is 2.63. The topological polar surface area (TPSA) is 41.6 Å². The summed E-state index contributed by atoms with van der Waals surface area (Å²) in [6, 6.07) is 8.15. The van der Waals surface area contributed by atoms with Crippen molar-refractivity contribution in [2.24, 2.45) is 0 Å². The van der Waals surface area contributed by atoms with E-state index in [1.807, 2.05) is 23.1 Å². The van der Waals surface area contributed by atoms with Crippen LogP contribution in [-0.4, -0.2) is 43.2 Å². The number of nitrogens with one attached hydrogen (secondary N) is 1. The first-order valence-corrected chi connectivity index (χ1v) is 6.55. The monoisotopic (exact) mass is 246 g/mol. The van der Waals surface area contributed by atoms with Crippen molar-refractivity contribution in [3.05, 3.63) is 29.8 Å². The van der Waals surface area contributed by atoms with E-state index in [1.165, 1.54) is 5.56 Å². The molecule has 1 fully saturated rings. The molecule has 2 aliphatic heterocycles. The summed E-state index contributed by atoms with van der Waals surface area (Å²) < 4.78 is 5.28. The zero-order valence-electron chi connectivity index (χ0n) is 10.4. The Balaban J connectivity index is 1.69. The van der Waals surface area contributed by atoms with Crippen LogP contribution in [0.2, 0.25) is 0 Å². The van der Waals surface area contributed by atoms with Gasteiger partial charge in [-0.2, -0.15) is 0 Å². The number of morpholine rings is 1. The summed E-state index contributed by atoms with van der Waals surface area (Å²) in [6.07, 6.45) is 1.86. The average Bonchev–Trinajstić information content (AvgIpc) is 2.47. The highest BCUT2D eigenvalue weighted by atomic mass is 16.5. The third-order valence-electron chi connectivity index (χ3n) is 3.67. The van der Waals surface area contributed by atoms with Gasteiger partial charge in [-0.25, -0.2) is 0 Å². The predicted molar refractivity (Wildman–Crippen MR) is 69.6 cm³/mol. The molecule has 1 saturated heterocycles. The molecule has 96 valence electrons. The van der Waals surface area contributed by atoms with Crippen molar-refractivity contribution in [1.29, 1.82) is 0 Å². The highest BCUT2D eigenvalue weighted by Gasteiger charge is 2.28. The summed E-state index contributed by atoms with van der Waals surface area (Å²) in [7, 11) is 0. The summed E-state index contributed by atoms with van der Waals surface area (Å²) >= 11 is 0. The SMILES string of the molecule is O=C(C1CCc2ccccc2N1)N1CCOCC1. The van der Waals surface area contributed by atoms with Crippen molar-refractivity contribution in [1.82, 2.24) is 4.90 Å². The Labute approximate surface area is 107 Å². The molecule has 3 rings (SSSR count). The van der Waals surface area contributed by atoms with Crippen LogP contribution in [0.4, 0.5) is 5.69 Å². The lowest BCUT2D eigenvalue weighted by Gasteiger charge is -2.33. The molecule has 4 nitrogen and oxygen atoms in total. The maximum atomic E-state index is 12.4. The predicted octanol–water partition coefficient (Wildman–Crippen LogP) is 1.27. The second-order valence-electron chi connectivity index (χ2n) is 4.83. The van der Waals surface area contributed by atoms with E-state index in [0.29, 0.717) is 13.2 Å². The molecule has 1 unspecified atom stereocenters. The number of para-hydroxylation sites is 1. The summed E-state index contributed by atoms with van der Waals surface area (Å²) in [5, 5.41) is 3.36. The van der Waals surface area contributed by atoms with E-state index in [4.69, 9.17) is 4.74 Å². The minimum absolute atomic E-state index is 0.0713. The van der Waals surface area contributed by atoms with Crippen molar-refractivity contribution in [2.75, 3.05) is 31.6 Å². The molecule has 1 aromatic carbocycles. The third-order valence-corrected chi connectivity index (χ3v) is 3.67. The Morgan fingerprint density at radius 3 is 2.89 bits per heavy atom. The first-order chi connectivity index (χ1) is 8.84. The summed E-state index contributed by atoms with van der Waals surface area (Å²) in [6.45, 7) is 2.77. The first kappa shape index (κ1) is 11.5. The largest absolute Gasteiger partial charge is 0.378 e. The number of hydrogen-bond acceptors (Lipinski definition) is 3. The van der Waals surface area contributed by atoms with Crippen molar-refractivity contribution in [2.45, 2.75) is 18.9 Å². The van der Waals surface area contributed by atoms with E-state index < -0.39 is 0 Å². The number of carbonyl (C=O) groups excluding carboxylic acids is 1. The Hall–Kier alpha value is -1.55. The van der Waals surface area contributed by atoms with Gasteiger partial charge >= 0.3 is 0 Å². The Morgan fingerprint density at radius 1 is 1.28 bits per heavy atom. The minimum atomic E-state index is -0.0713. The highest BCUT2D eigenvalue weighted by molar-refractivity contribution is 5.85. The van der Waals surface area contributed by atoms with Crippen LogP contribution in [0, 0.1) is 0 Å². The molecule has 18 heavy (non-hydrogen) atoms. The summed E-state index contributed by atoms with van der Waals surface area (Å²) in [5.74, 6) is 0.216. The number of aryl methyl sites for hydroxylation is 1. The van der Waals surface area contributed by atoms with Crippen LogP contribution in [0.25, 0.3) is 0 Å². The molecule has 0 aliphatic carbocycles. The molecule has 0 saturated carbocycles. The number of anilines is 1. The zero-order chi connectivity index (χ0) is 12.4. The fraction of sp³-hybridized carbons (Fsp3) is 0.500. The van der Waals surface area contributed by atoms with E-state index in [9.17, 15) is 4.79 Å². The quantitative estimate of drug-likeness (QED) is 0.811. The van der Waals surface area contributed by atoms with E-state index >= 15 is 0 Å². The molecule has 0 spiro atoms. The smallest absolute Gasteiger partial charge is 0.245 e. The maximum Gasteiger partial charge on any atom is 0.245 e. The van der Waals surface area contributed by atoms with Gasteiger partial charge < -0.3 is 15.0 Å². The van der Waals surface area contributed by atoms with Crippen LogP contribution in [0.3, 0.4) is 0 Å². The van der Waals surface area contributed by atoms with Gasteiger partial charge in [0.15, 0.2) is 0 Å². The summed E-state index contributed by atoms with van der Waals surface area (Å²) in [4.78, 5) is 14.3. The molecule has 2 aliphatic rings.